The lowest BCUT2D eigenvalue weighted by atomic mass is 10.0. The van der Waals surface area contributed by atoms with Crippen LogP contribution in [0.3, 0.4) is 0 Å². The summed E-state index contributed by atoms with van der Waals surface area (Å²) >= 11 is 0. The Kier molecular flexibility index (Phi) is 6.82. The maximum absolute atomic E-state index is 14.7. The molecular formula is C25H23FN4O4. The summed E-state index contributed by atoms with van der Waals surface area (Å²) in [6.45, 7) is 5.48. The number of benzene rings is 2. The van der Waals surface area contributed by atoms with Crippen molar-refractivity contribution in [2.45, 2.75) is 0 Å². The van der Waals surface area contributed by atoms with Crippen molar-refractivity contribution in [3.05, 3.63) is 84.3 Å². The van der Waals surface area contributed by atoms with Crippen molar-refractivity contribution in [1.82, 2.24) is 15.1 Å². The Bertz CT molecular complexity index is 1210. The van der Waals surface area contributed by atoms with Gasteiger partial charge in [0, 0.05) is 37.3 Å². The van der Waals surface area contributed by atoms with E-state index >= 15 is 0 Å². The Morgan fingerprint density at radius 3 is 2.50 bits per heavy atom. The van der Waals surface area contributed by atoms with E-state index in [1.165, 1.54) is 24.3 Å². The smallest absolute Gasteiger partial charge is 0.359 e. The number of rotatable bonds is 6. The monoisotopic (exact) mass is 462 g/mol. The van der Waals surface area contributed by atoms with Gasteiger partial charge in [-0.05, 0) is 42.0 Å². The Morgan fingerprint density at radius 1 is 1.06 bits per heavy atom. The highest BCUT2D eigenvalue weighted by molar-refractivity contribution is 5.95. The minimum atomic E-state index is -0.573. The first-order chi connectivity index (χ1) is 16.5. The predicted molar refractivity (Wildman–Crippen MR) is 124 cm³/mol. The Hall–Kier alpha value is -4.27. The zero-order chi connectivity index (χ0) is 24.1. The van der Waals surface area contributed by atoms with Crippen LogP contribution in [0, 0.1) is 5.82 Å². The van der Waals surface area contributed by atoms with E-state index in [1.807, 2.05) is 4.90 Å². The van der Waals surface area contributed by atoms with Gasteiger partial charge in [0.2, 0.25) is 0 Å². The largest absolute Gasteiger partial charge is 0.508 e. The van der Waals surface area contributed by atoms with Crippen molar-refractivity contribution in [3.8, 4) is 16.9 Å². The number of phenols is 1. The molecule has 1 N–H and O–H groups in total. The number of anilines is 1. The third-order valence-corrected chi connectivity index (χ3v) is 5.46. The molecule has 1 saturated heterocycles. The molecule has 1 fully saturated rings. The van der Waals surface area contributed by atoms with Crippen LogP contribution in [0.4, 0.5) is 10.2 Å². The number of nitrogens with zero attached hydrogens (tertiary/aromatic N) is 4. The van der Waals surface area contributed by atoms with Gasteiger partial charge in [-0.3, -0.25) is 4.79 Å². The van der Waals surface area contributed by atoms with E-state index in [0.717, 1.165) is 0 Å². The Balaban J connectivity index is 1.37. The number of hydrogen-bond donors (Lipinski definition) is 1. The number of aromatic nitrogens is 2. The fourth-order valence-corrected chi connectivity index (χ4v) is 3.69. The van der Waals surface area contributed by atoms with Gasteiger partial charge < -0.3 is 19.6 Å². The van der Waals surface area contributed by atoms with Gasteiger partial charge in [-0.2, -0.15) is 0 Å². The molecule has 2 heterocycles. The normalized spacial score (nSPS) is 13.4. The van der Waals surface area contributed by atoms with Crippen LogP contribution in [0.15, 0.2) is 67.3 Å². The number of phenolic OH excluding ortho intramolecular Hbond substituents is 1. The van der Waals surface area contributed by atoms with Crippen molar-refractivity contribution in [1.29, 1.82) is 0 Å². The number of ether oxygens (including phenoxy) is 1. The summed E-state index contributed by atoms with van der Waals surface area (Å²) in [6, 6.07) is 13.9. The molecule has 4 rings (SSSR count). The zero-order valence-electron chi connectivity index (χ0n) is 18.4. The van der Waals surface area contributed by atoms with E-state index in [-0.39, 0.29) is 29.5 Å². The quantitative estimate of drug-likeness (QED) is 0.444. The van der Waals surface area contributed by atoms with Crippen LogP contribution in [-0.2, 0) is 4.74 Å². The van der Waals surface area contributed by atoms with Gasteiger partial charge in [0.25, 0.3) is 5.91 Å². The second-order valence-electron chi connectivity index (χ2n) is 7.69. The van der Waals surface area contributed by atoms with E-state index in [9.17, 15) is 19.1 Å². The third kappa shape index (κ3) is 5.03. The molecule has 0 aliphatic carbocycles. The van der Waals surface area contributed by atoms with Crippen LogP contribution >= 0.6 is 0 Å². The number of esters is 1. The van der Waals surface area contributed by atoms with Crippen LogP contribution in [0.25, 0.3) is 11.1 Å². The van der Waals surface area contributed by atoms with E-state index in [1.54, 1.807) is 41.3 Å². The molecule has 1 aromatic heterocycles. The number of halogens is 1. The number of aromatic hydroxyl groups is 1. The fourth-order valence-electron chi connectivity index (χ4n) is 3.69. The maximum Gasteiger partial charge on any atom is 0.359 e. The second-order valence-corrected chi connectivity index (χ2v) is 7.69. The molecule has 0 saturated carbocycles. The molecular weight excluding hydrogens is 439 g/mol. The first-order valence-electron chi connectivity index (χ1n) is 10.7. The van der Waals surface area contributed by atoms with Gasteiger partial charge in [-0.1, -0.05) is 30.9 Å². The second kappa shape index (κ2) is 10.1. The number of amides is 1. The van der Waals surface area contributed by atoms with Crippen molar-refractivity contribution in [2.24, 2.45) is 0 Å². The van der Waals surface area contributed by atoms with Gasteiger partial charge >= 0.3 is 5.97 Å². The van der Waals surface area contributed by atoms with Crippen LogP contribution in [-0.4, -0.2) is 64.9 Å². The molecule has 2 aromatic carbocycles. The molecule has 9 heteroatoms. The topological polar surface area (TPSA) is 95.9 Å². The van der Waals surface area contributed by atoms with Crippen LogP contribution in [0.1, 0.15) is 20.8 Å². The zero-order valence-corrected chi connectivity index (χ0v) is 18.4. The fraction of sp³-hybridized carbons (Fsp3) is 0.200. The lowest BCUT2D eigenvalue weighted by Gasteiger charge is -2.35. The highest BCUT2D eigenvalue weighted by Gasteiger charge is 2.24. The molecule has 1 amide bonds. The van der Waals surface area contributed by atoms with Gasteiger partial charge in [-0.25, -0.2) is 9.18 Å². The maximum atomic E-state index is 14.7. The van der Waals surface area contributed by atoms with Gasteiger partial charge in [0.05, 0.1) is 0 Å². The van der Waals surface area contributed by atoms with Crippen LogP contribution in [0.2, 0.25) is 0 Å². The Morgan fingerprint density at radius 2 is 1.85 bits per heavy atom. The summed E-state index contributed by atoms with van der Waals surface area (Å²) < 4.78 is 19.7. The summed E-state index contributed by atoms with van der Waals surface area (Å²) in [5.74, 6) is -0.725. The molecule has 3 aromatic rings. The molecule has 0 unspecified atom stereocenters. The standard InChI is InChI=1S/C25H23FN4O4/c1-2-14-34-25(33)22-8-9-23(28-27-22)29-10-12-30(13-11-29)24(32)18-6-7-20(21(26)16-18)17-4-3-5-19(31)15-17/h2-9,15-16,31H,1,10-14H2. The van der Waals surface area contributed by atoms with Crippen molar-refractivity contribution in [2.75, 3.05) is 37.7 Å². The molecule has 34 heavy (non-hydrogen) atoms. The number of carbonyl (C=O) groups is 2. The minimum Gasteiger partial charge on any atom is -0.508 e. The average Bonchev–Trinajstić information content (AvgIpc) is 2.87. The van der Waals surface area contributed by atoms with Crippen molar-refractivity contribution in [3.63, 3.8) is 0 Å². The predicted octanol–water partition coefficient (Wildman–Crippen LogP) is 3.29. The molecule has 1 aliphatic heterocycles. The molecule has 0 atom stereocenters. The van der Waals surface area contributed by atoms with E-state index in [0.29, 0.717) is 43.1 Å². The van der Waals surface area contributed by atoms with Gasteiger partial charge in [0.1, 0.15) is 18.2 Å². The molecule has 0 radical (unpaired) electrons. The summed E-state index contributed by atoms with van der Waals surface area (Å²) in [5.41, 5.74) is 1.21. The summed E-state index contributed by atoms with van der Waals surface area (Å²) in [4.78, 5) is 28.4. The molecule has 0 spiro atoms. The van der Waals surface area contributed by atoms with E-state index < -0.39 is 11.8 Å². The number of piperazine rings is 1. The Labute approximate surface area is 195 Å². The summed E-state index contributed by atoms with van der Waals surface area (Å²) in [6.07, 6.45) is 1.47. The first-order valence-corrected chi connectivity index (χ1v) is 10.7. The van der Waals surface area contributed by atoms with E-state index in [2.05, 4.69) is 16.8 Å². The lowest BCUT2D eigenvalue weighted by molar-refractivity contribution is 0.0541. The molecule has 1 aliphatic rings. The highest BCUT2D eigenvalue weighted by atomic mass is 19.1. The van der Waals surface area contributed by atoms with Gasteiger partial charge in [-0.15, -0.1) is 10.2 Å². The average molecular weight is 462 g/mol. The lowest BCUT2D eigenvalue weighted by Crippen LogP contribution is -2.49. The van der Waals surface area contributed by atoms with Crippen LogP contribution < -0.4 is 4.90 Å². The summed E-state index contributed by atoms with van der Waals surface area (Å²) in [7, 11) is 0. The molecule has 8 nitrogen and oxygen atoms in total. The van der Waals surface area contributed by atoms with Crippen LogP contribution in [0.5, 0.6) is 5.75 Å². The van der Waals surface area contributed by atoms with E-state index in [4.69, 9.17) is 4.74 Å². The highest BCUT2D eigenvalue weighted by Crippen LogP contribution is 2.27. The minimum absolute atomic E-state index is 0.0434. The van der Waals surface area contributed by atoms with Gasteiger partial charge in [0.15, 0.2) is 11.5 Å². The van der Waals surface area contributed by atoms with Crippen molar-refractivity contribution < 1.29 is 23.8 Å². The summed E-state index contributed by atoms with van der Waals surface area (Å²) in [5, 5.41) is 17.6. The number of hydrogen-bond acceptors (Lipinski definition) is 7. The number of carbonyl (C=O) groups excluding carboxylic acids is 2. The SMILES string of the molecule is C=CCOC(=O)c1ccc(N2CCN(C(=O)c3ccc(-c4cccc(O)c4)c(F)c3)CC2)nn1. The third-order valence-electron chi connectivity index (χ3n) is 5.46. The molecule has 174 valence electrons. The first kappa shape index (κ1) is 22.9. The van der Waals surface area contributed by atoms with Crippen molar-refractivity contribution >= 4 is 17.7 Å². The molecule has 0 bridgehead atoms.